The molecule has 1 N–H and O–H groups in total. The average Bonchev–Trinajstić information content (AvgIpc) is 2.61. The summed E-state index contributed by atoms with van der Waals surface area (Å²) in [6.45, 7) is 1.56. The van der Waals surface area contributed by atoms with Crippen molar-refractivity contribution in [1.29, 1.82) is 0 Å². The summed E-state index contributed by atoms with van der Waals surface area (Å²) in [4.78, 5) is 35.3. The highest BCUT2D eigenvalue weighted by Crippen LogP contribution is 2.36. The Morgan fingerprint density at radius 3 is 1.89 bits per heavy atom. The Hall–Kier alpha value is -2.59. The van der Waals surface area contributed by atoms with Gasteiger partial charge in [0.2, 0.25) is 0 Å². The summed E-state index contributed by atoms with van der Waals surface area (Å²) in [5.41, 5.74) is -4.26. The second kappa shape index (κ2) is 9.07. The van der Waals surface area contributed by atoms with Crippen LogP contribution in [0, 0.1) is 0 Å². The molecule has 0 radical (unpaired) electrons. The van der Waals surface area contributed by atoms with E-state index >= 15 is 0 Å². The van der Waals surface area contributed by atoms with Crippen LogP contribution in [0.15, 0.2) is 18.2 Å². The molecule has 0 aromatic heterocycles. The number of amides is 1. The van der Waals surface area contributed by atoms with Crippen LogP contribution in [0.5, 0.6) is 0 Å². The smallest absolute Gasteiger partial charge is 0.416 e. The van der Waals surface area contributed by atoms with Gasteiger partial charge in [0.15, 0.2) is 0 Å². The zero-order valence-electron chi connectivity index (χ0n) is 14.8. The van der Waals surface area contributed by atoms with Gasteiger partial charge in [-0.25, -0.2) is 4.79 Å². The second-order valence-corrected chi connectivity index (χ2v) is 5.77. The third kappa shape index (κ3) is 6.54. The normalized spacial score (nSPS) is 13.0. The van der Waals surface area contributed by atoms with Crippen molar-refractivity contribution in [2.45, 2.75) is 44.6 Å². The Morgan fingerprint density at radius 2 is 1.50 bits per heavy atom. The van der Waals surface area contributed by atoms with Gasteiger partial charge in [0.25, 0.3) is 5.91 Å². The molecule has 0 saturated heterocycles. The topological polar surface area (TPSA) is 72.5 Å². The molecule has 1 rings (SSSR count). The maximum atomic E-state index is 12.9. The van der Waals surface area contributed by atoms with E-state index in [0.29, 0.717) is 0 Å². The first-order valence-corrected chi connectivity index (χ1v) is 7.99. The summed E-state index contributed by atoms with van der Waals surface area (Å²) in [7, 11) is 0.981. The van der Waals surface area contributed by atoms with Gasteiger partial charge in [-0.05, 0) is 24.6 Å². The summed E-state index contributed by atoms with van der Waals surface area (Å²) in [6, 6.07) is -1.03. The van der Waals surface area contributed by atoms with Crippen molar-refractivity contribution in [2.24, 2.45) is 0 Å². The summed E-state index contributed by atoms with van der Waals surface area (Å²) in [5.74, 6) is -2.57. The molecule has 1 aromatic rings. The van der Waals surface area contributed by atoms with Gasteiger partial charge in [-0.3, -0.25) is 9.59 Å². The molecule has 5 nitrogen and oxygen atoms in total. The van der Waals surface area contributed by atoms with E-state index in [1.54, 1.807) is 6.92 Å². The molecule has 0 heterocycles. The van der Waals surface area contributed by atoms with E-state index in [1.165, 1.54) is 0 Å². The van der Waals surface area contributed by atoms with Crippen LogP contribution in [0.1, 0.15) is 47.7 Å². The molecule has 1 amide bonds. The van der Waals surface area contributed by atoms with E-state index < -0.39 is 47.0 Å². The van der Waals surface area contributed by atoms with E-state index in [4.69, 9.17) is 0 Å². The molecule has 0 aliphatic carbocycles. The molecular weight excluding hydrogens is 396 g/mol. The first-order valence-electron chi connectivity index (χ1n) is 7.99. The number of ether oxygens (including phenoxy) is 1. The molecule has 1 aromatic carbocycles. The van der Waals surface area contributed by atoms with Gasteiger partial charge in [-0.1, -0.05) is 6.92 Å². The van der Waals surface area contributed by atoms with Crippen molar-refractivity contribution in [3.63, 3.8) is 0 Å². The van der Waals surface area contributed by atoms with E-state index in [9.17, 15) is 40.7 Å². The summed E-state index contributed by atoms with van der Waals surface area (Å²) < 4.78 is 81.7. The van der Waals surface area contributed by atoms with Gasteiger partial charge in [0, 0.05) is 18.4 Å². The van der Waals surface area contributed by atoms with Gasteiger partial charge in [0.05, 0.1) is 18.2 Å². The van der Waals surface area contributed by atoms with Crippen molar-refractivity contribution in [3.8, 4) is 0 Å². The number of hydrogen-bond acceptors (Lipinski definition) is 4. The predicted octanol–water partition coefficient (Wildman–Crippen LogP) is 3.75. The van der Waals surface area contributed by atoms with Crippen LogP contribution in [0.4, 0.5) is 26.3 Å². The fourth-order valence-corrected chi connectivity index (χ4v) is 2.20. The van der Waals surface area contributed by atoms with Crippen LogP contribution in [-0.4, -0.2) is 30.8 Å². The zero-order chi connectivity index (χ0) is 21.7. The highest BCUT2D eigenvalue weighted by Gasteiger charge is 2.37. The van der Waals surface area contributed by atoms with E-state index in [-0.39, 0.29) is 43.2 Å². The lowest BCUT2D eigenvalue weighted by Gasteiger charge is -2.18. The molecule has 0 unspecified atom stereocenters. The van der Waals surface area contributed by atoms with Crippen LogP contribution in [-0.2, 0) is 26.7 Å². The largest absolute Gasteiger partial charge is 0.467 e. The number of hydrogen-bond donors (Lipinski definition) is 1. The minimum atomic E-state index is -5.12. The fourth-order valence-electron chi connectivity index (χ4n) is 2.20. The molecule has 1 atom stereocenters. The molecule has 0 saturated carbocycles. The van der Waals surface area contributed by atoms with Gasteiger partial charge in [-0.15, -0.1) is 0 Å². The number of carbonyl (C=O) groups excluding carboxylic acids is 3. The standard InChI is InChI=1S/C17H17F6NO4/c1-3-12(25)4-5-13(15(27)28-2)24-14(26)9-6-10(16(18,19)20)8-11(7-9)17(21,22)23/h6-8,13H,3-5H2,1-2H3,(H,24,26)/t13-/m1/s1. The molecule has 0 aliphatic rings. The molecule has 11 heteroatoms. The number of esters is 1. The van der Waals surface area contributed by atoms with Gasteiger partial charge in [-0.2, -0.15) is 26.3 Å². The molecule has 156 valence electrons. The van der Waals surface area contributed by atoms with Crippen molar-refractivity contribution in [3.05, 3.63) is 34.9 Å². The molecule has 0 aliphatic heterocycles. The highest BCUT2D eigenvalue weighted by atomic mass is 19.4. The summed E-state index contributed by atoms with van der Waals surface area (Å²) in [6.07, 6.45) is -10.4. The highest BCUT2D eigenvalue weighted by molar-refractivity contribution is 5.97. The molecule has 28 heavy (non-hydrogen) atoms. The number of nitrogens with one attached hydrogen (secondary N) is 1. The van der Waals surface area contributed by atoms with Crippen molar-refractivity contribution in [1.82, 2.24) is 5.32 Å². The maximum absolute atomic E-state index is 12.9. The molecule has 0 fully saturated rings. The van der Waals surface area contributed by atoms with Crippen LogP contribution in [0.25, 0.3) is 0 Å². The maximum Gasteiger partial charge on any atom is 0.416 e. The number of Topliss-reactive ketones (excluding diaryl/α,β-unsaturated/α-hetero) is 1. The van der Waals surface area contributed by atoms with Crippen LogP contribution >= 0.6 is 0 Å². The Labute approximate surface area is 156 Å². The monoisotopic (exact) mass is 413 g/mol. The van der Waals surface area contributed by atoms with Crippen molar-refractivity contribution >= 4 is 17.7 Å². The number of carbonyl (C=O) groups is 3. The van der Waals surface area contributed by atoms with Gasteiger partial charge >= 0.3 is 18.3 Å². The number of benzene rings is 1. The zero-order valence-corrected chi connectivity index (χ0v) is 14.8. The SMILES string of the molecule is CCC(=O)CC[C@@H](NC(=O)c1cc(C(F)(F)F)cc(C(F)(F)F)c1)C(=O)OC. The van der Waals surface area contributed by atoms with Crippen molar-refractivity contribution < 1.29 is 45.5 Å². The average molecular weight is 413 g/mol. The molecule has 0 bridgehead atoms. The first-order chi connectivity index (χ1) is 12.8. The lowest BCUT2D eigenvalue weighted by molar-refractivity contribution is -0.144. The minimum Gasteiger partial charge on any atom is -0.467 e. The quantitative estimate of drug-likeness (QED) is 0.546. The first kappa shape index (κ1) is 23.4. The minimum absolute atomic E-state index is 0.117. The molecular formula is C17H17F6NO4. The lowest BCUT2D eigenvalue weighted by Crippen LogP contribution is -2.42. The summed E-state index contributed by atoms with van der Waals surface area (Å²) in [5, 5.41) is 2.02. The number of alkyl halides is 6. The fraction of sp³-hybridized carbons (Fsp3) is 0.471. The predicted molar refractivity (Wildman–Crippen MR) is 84.2 cm³/mol. The Bertz CT molecular complexity index is 710. The third-order valence-electron chi connectivity index (χ3n) is 3.75. The van der Waals surface area contributed by atoms with Crippen molar-refractivity contribution in [2.75, 3.05) is 7.11 Å². The van der Waals surface area contributed by atoms with Gasteiger partial charge in [0.1, 0.15) is 11.8 Å². The second-order valence-electron chi connectivity index (χ2n) is 5.77. The van der Waals surface area contributed by atoms with E-state index in [1.807, 2.05) is 5.32 Å². The number of rotatable bonds is 7. The number of methoxy groups -OCH3 is 1. The van der Waals surface area contributed by atoms with Crippen LogP contribution in [0.3, 0.4) is 0 Å². The Kier molecular flexibility index (Phi) is 7.59. The molecule has 0 spiro atoms. The van der Waals surface area contributed by atoms with E-state index in [2.05, 4.69) is 4.74 Å². The summed E-state index contributed by atoms with van der Waals surface area (Å²) >= 11 is 0. The lowest BCUT2D eigenvalue weighted by atomic mass is 10.0. The number of ketones is 1. The van der Waals surface area contributed by atoms with Gasteiger partial charge < -0.3 is 10.1 Å². The number of halogens is 6. The Morgan fingerprint density at radius 1 is 1.00 bits per heavy atom. The van der Waals surface area contributed by atoms with Crippen LogP contribution in [0.2, 0.25) is 0 Å². The third-order valence-corrected chi connectivity index (χ3v) is 3.75. The van der Waals surface area contributed by atoms with E-state index in [0.717, 1.165) is 7.11 Å². The Balaban J connectivity index is 3.20. The van der Waals surface area contributed by atoms with Crippen LogP contribution < -0.4 is 5.32 Å².